The Labute approximate surface area is 73.6 Å². The highest BCUT2D eigenvalue weighted by molar-refractivity contribution is 7.60. The van der Waals surface area contributed by atoms with E-state index in [-0.39, 0.29) is 5.30 Å². The summed E-state index contributed by atoms with van der Waals surface area (Å²) in [4.78, 5) is 24.4. The summed E-state index contributed by atoms with van der Waals surface area (Å²) in [5, 5.41) is 0.00394. The molecule has 0 amide bonds. The van der Waals surface area contributed by atoms with E-state index in [4.69, 9.17) is 9.79 Å². The van der Waals surface area contributed by atoms with Gasteiger partial charge in [0.2, 0.25) is 0 Å². The maximum atomic E-state index is 10.9. The molecule has 5 nitrogen and oxygen atoms in total. The molecule has 13 heavy (non-hydrogen) atoms. The molecule has 0 unspecified atom stereocenters. The topological polar surface area (TPSA) is 86.2 Å². The number of benzene rings is 1. The Bertz CT molecular complexity index is 487. The Morgan fingerprint density at radius 3 is 2.85 bits per heavy atom. The summed E-state index contributed by atoms with van der Waals surface area (Å²) in [6.07, 6.45) is 1.48. The Morgan fingerprint density at radius 1 is 1.38 bits per heavy atom. The quantitative estimate of drug-likeness (QED) is 0.577. The van der Waals surface area contributed by atoms with E-state index >= 15 is 0 Å². The first kappa shape index (κ1) is 8.44. The molecule has 0 bridgehead atoms. The predicted octanol–water partition coefficient (Wildman–Crippen LogP) is 0.366. The molecule has 1 aromatic heterocycles. The number of hydrogen-bond acceptors (Lipinski definition) is 2. The summed E-state index contributed by atoms with van der Waals surface area (Å²) in [7, 11) is -4.15. The second kappa shape index (κ2) is 2.67. The zero-order valence-corrected chi connectivity index (χ0v) is 7.40. The van der Waals surface area contributed by atoms with Crippen LogP contribution < -0.4 is 5.30 Å². The average Bonchev–Trinajstić information content (AvgIpc) is 2.47. The second-order valence-electron chi connectivity index (χ2n) is 2.65. The van der Waals surface area contributed by atoms with Crippen LogP contribution in [0.25, 0.3) is 11.0 Å². The number of aromatic amines is 1. The Balaban J connectivity index is 2.67. The molecule has 1 aromatic carbocycles. The molecule has 3 N–H and O–H groups in total. The van der Waals surface area contributed by atoms with Crippen molar-refractivity contribution in [1.82, 2.24) is 9.97 Å². The molecule has 0 spiro atoms. The average molecular weight is 198 g/mol. The van der Waals surface area contributed by atoms with E-state index in [0.29, 0.717) is 11.0 Å². The van der Waals surface area contributed by atoms with Crippen molar-refractivity contribution in [3.63, 3.8) is 0 Å². The lowest BCUT2D eigenvalue weighted by atomic mass is 10.3. The molecule has 0 atom stereocenters. The van der Waals surface area contributed by atoms with Crippen molar-refractivity contribution in [2.24, 2.45) is 0 Å². The maximum Gasteiger partial charge on any atom is 0.356 e. The third kappa shape index (κ3) is 1.49. The van der Waals surface area contributed by atoms with Gasteiger partial charge >= 0.3 is 7.60 Å². The van der Waals surface area contributed by atoms with Gasteiger partial charge in [-0.25, -0.2) is 4.98 Å². The van der Waals surface area contributed by atoms with Gasteiger partial charge in [0.25, 0.3) is 0 Å². The van der Waals surface area contributed by atoms with Gasteiger partial charge in [0.15, 0.2) is 0 Å². The smallest absolute Gasteiger partial charge is 0.345 e. The number of nitrogens with one attached hydrogen (secondary N) is 1. The fourth-order valence-corrected chi connectivity index (χ4v) is 1.67. The molecular formula is C7H7N2O3P. The van der Waals surface area contributed by atoms with Gasteiger partial charge < -0.3 is 14.8 Å². The molecule has 0 aliphatic heterocycles. The molecule has 1 heterocycles. The van der Waals surface area contributed by atoms with E-state index in [1.807, 2.05) is 0 Å². The van der Waals surface area contributed by atoms with Crippen LogP contribution in [0.1, 0.15) is 0 Å². The van der Waals surface area contributed by atoms with E-state index in [9.17, 15) is 4.57 Å². The largest absolute Gasteiger partial charge is 0.356 e. The molecular weight excluding hydrogens is 191 g/mol. The molecule has 0 aliphatic rings. The molecule has 2 rings (SSSR count). The molecule has 2 aromatic rings. The van der Waals surface area contributed by atoms with E-state index < -0.39 is 7.60 Å². The van der Waals surface area contributed by atoms with Crippen molar-refractivity contribution in [3.05, 3.63) is 24.5 Å². The van der Waals surface area contributed by atoms with E-state index in [2.05, 4.69) is 9.97 Å². The summed E-state index contributed by atoms with van der Waals surface area (Å²) >= 11 is 0. The second-order valence-corrected chi connectivity index (χ2v) is 4.25. The van der Waals surface area contributed by atoms with Crippen LogP contribution in [-0.2, 0) is 4.57 Å². The Kier molecular flexibility index (Phi) is 1.73. The molecule has 0 saturated carbocycles. The van der Waals surface area contributed by atoms with Crippen LogP contribution in [-0.4, -0.2) is 19.8 Å². The molecule has 0 radical (unpaired) electrons. The van der Waals surface area contributed by atoms with Crippen LogP contribution in [0, 0.1) is 0 Å². The minimum absolute atomic E-state index is 0.00394. The highest BCUT2D eigenvalue weighted by atomic mass is 31.2. The van der Waals surface area contributed by atoms with Crippen LogP contribution in [0.15, 0.2) is 24.5 Å². The van der Waals surface area contributed by atoms with E-state index in [1.165, 1.54) is 18.5 Å². The van der Waals surface area contributed by atoms with E-state index in [1.54, 1.807) is 6.07 Å². The van der Waals surface area contributed by atoms with Crippen LogP contribution >= 0.6 is 7.60 Å². The molecule has 68 valence electrons. The standard InChI is InChI=1S/C7H7N2O3P/c10-13(11,12)5-1-2-6-7(3-5)9-4-8-6/h1-4H,(H,8,9)(H2,10,11,12). The lowest BCUT2D eigenvalue weighted by Gasteiger charge is -2.02. The summed E-state index contributed by atoms with van der Waals surface area (Å²) in [6.45, 7) is 0. The Morgan fingerprint density at radius 2 is 2.15 bits per heavy atom. The number of nitrogens with zero attached hydrogens (tertiary/aromatic N) is 1. The molecule has 0 aliphatic carbocycles. The van der Waals surface area contributed by atoms with Crippen LogP contribution in [0.5, 0.6) is 0 Å². The predicted molar refractivity (Wildman–Crippen MR) is 47.8 cm³/mol. The summed E-state index contributed by atoms with van der Waals surface area (Å²) in [5.41, 5.74) is 1.32. The zero-order valence-electron chi connectivity index (χ0n) is 6.51. The third-order valence-electron chi connectivity index (χ3n) is 1.74. The van der Waals surface area contributed by atoms with Gasteiger partial charge in [0.05, 0.1) is 22.7 Å². The number of H-pyrrole nitrogens is 1. The Hall–Kier alpha value is -1.16. The third-order valence-corrected chi connectivity index (χ3v) is 2.69. The van der Waals surface area contributed by atoms with Crippen molar-refractivity contribution < 1.29 is 14.4 Å². The number of rotatable bonds is 1. The van der Waals surface area contributed by atoms with Crippen molar-refractivity contribution >= 4 is 23.9 Å². The van der Waals surface area contributed by atoms with Gasteiger partial charge in [-0.15, -0.1) is 0 Å². The fraction of sp³-hybridized carbons (Fsp3) is 0. The van der Waals surface area contributed by atoms with Gasteiger partial charge in [-0.1, -0.05) is 0 Å². The lowest BCUT2D eigenvalue weighted by Crippen LogP contribution is -2.02. The molecule has 0 fully saturated rings. The van der Waals surface area contributed by atoms with Crippen molar-refractivity contribution in [2.45, 2.75) is 0 Å². The van der Waals surface area contributed by atoms with Crippen LogP contribution in [0.2, 0.25) is 0 Å². The minimum Gasteiger partial charge on any atom is -0.345 e. The van der Waals surface area contributed by atoms with Crippen LogP contribution in [0.4, 0.5) is 0 Å². The van der Waals surface area contributed by atoms with Gasteiger partial charge in [0, 0.05) is 0 Å². The molecule has 0 saturated heterocycles. The van der Waals surface area contributed by atoms with Gasteiger partial charge in [-0.3, -0.25) is 4.57 Å². The summed E-state index contributed by atoms with van der Waals surface area (Å²) in [5.74, 6) is 0. The molecule has 6 heteroatoms. The number of fused-ring (bicyclic) bond motifs is 1. The van der Waals surface area contributed by atoms with Crippen molar-refractivity contribution in [2.75, 3.05) is 0 Å². The number of imidazole rings is 1. The van der Waals surface area contributed by atoms with Crippen molar-refractivity contribution in [1.29, 1.82) is 0 Å². The lowest BCUT2D eigenvalue weighted by molar-refractivity contribution is 0.387. The highest BCUT2D eigenvalue weighted by Crippen LogP contribution is 2.33. The normalized spacial score (nSPS) is 12.2. The first-order valence-corrected chi connectivity index (χ1v) is 5.18. The van der Waals surface area contributed by atoms with Gasteiger partial charge in [-0.05, 0) is 18.2 Å². The van der Waals surface area contributed by atoms with E-state index in [0.717, 1.165) is 0 Å². The summed E-state index contributed by atoms with van der Waals surface area (Å²) in [6, 6.07) is 4.35. The number of aromatic nitrogens is 2. The summed E-state index contributed by atoms with van der Waals surface area (Å²) < 4.78 is 10.9. The maximum absolute atomic E-state index is 10.9. The van der Waals surface area contributed by atoms with Gasteiger partial charge in [-0.2, -0.15) is 0 Å². The highest BCUT2D eigenvalue weighted by Gasteiger charge is 2.17. The first-order valence-electron chi connectivity index (χ1n) is 3.56. The SMILES string of the molecule is O=P(O)(O)c1ccc2nc[nH]c2c1. The van der Waals surface area contributed by atoms with Crippen molar-refractivity contribution in [3.8, 4) is 0 Å². The monoisotopic (exact) mass is 198 g/mol. The fourth-order valence-electron chi connectivity index (χ4n) is 1.10. The van der Waals surface area contributed by atoms with Gasteiger partial charge in [0.1, 0.15) is 0 Å². The number of hydrogen-bond donors (Lipinski definition) is 3. The minimum atomic E-state index is -4.15. The van der Waals surface area contributed by atoms with Crippen LogP contribution in [0.3, 0.4) is 0 Å². The zero-order chi connectivity index (χ0) is 9.47. The first-order chi connectivity index (χ1) is 6.07.